The van der Waals surface area contributed by atoms with E-state index in [-0.39, 0.29) is 0 Å². The Hall–Kier alpha value is -0.180. The summed E-state index contributed by atoms with van der Waals surface area (Å²) in [6.07, 6.45) is 9.73. The van der Waals surface area contributed by atoms with Gasteiger partial charge in [0.2, 0.25) is 0 Å². The fraction of sp³-hybridized carbons (Fsp3) is 0.929. The molecular weight excluding hydrogens is 228 g/mol. The average molecular weight is 252 g/mol. The van der Waals surface area contributed by atoms with Gasteiger partial charge in [-0.1, -0.05) is 25.1 Å². The Bertz CT molecular complexity index is 301. The minimum atomic E-state index is 0.412. The van der Waals surface area contributed by atoms with Crippen molar-refractivity contribution < 1.29 is 0 Å². The molecule has 3 rings (SSSR count). The van der Waals surface area contributed by atoms with Crippen molar-refractivity contribution in [3.8, 4) is 0 Å². The van der Waals surface area contributed by atoms with Crippen LogP contribution in [-0.2, 0) is 0 Å². The summed E-state index contributed by atoms with van der Waals surface area (Å²) in [5, 5.41) is 4.99. The van der Waals surface area contributed by atoms with Crippen molar-refractivity contribution in [2.45, 2.75) is 57.4 Å². The van der Waals surface area contributed by atoms with Gasteiger partial charge in [-0.3, -0.25) is 4.99 Å². The van der Waals surface area contributed by atoms with Gasteiger partial charge in [-0.15, -0.1) is 0 Å². The zero-order valence-electron chi connectivity index (χ0n) is 10.9. The van der Waals surface area contributed by atoms with Crippen LogP contribution >= 0.6 is 11.8 Å². The third-order valence-corrected chi connectivity index (χ3v) is 6.01. The summed E-state index contributed by atoms with van der Waals surface area (Å²) in [7, 11) is 0. The topological polar surface area (TPSA) is 24.4 Å². The maximum atomic E-state index is 4.78. The molecule has 0 bridgehead atoms. The van der Waals surface area contributed by atoms with Crippen molar-refractivity contribution in [1.82, 2.24) is 5.32 Å². The second-order valence-electron chi connectivity index (χ2n) is 6.32. The van der Waals surface area contributed by atoms with E-state index < -0.39 is 0 Å². The molecule has 1 heterocycles. The molecule has 1 N–H and O–H groups in total. The third-order valence-electron chi connectivity index (χ3n) is 4.81. The zero-order valence-corrected chi connectivity index (χ0v) is 11.7. The Morgan fingerprint density at radius 3 is 2.71 bits per heavy atom. The number of rotatable bonds is 2. The van der Waals surface area contributed by atoms with E-state index in [1.54, 1.807) is 0 Å². The molecule has 0 aromatic heterocycles. The largest absolute Gasteiger partial charge is 0.359 e. The maximum absolute atomic E-state index is 4.78. The molecule has 3 aliphatic rings. The predicted octanol–water partition coefficient (Wildman–Crippen LogP) is 3.43. The van der Waals surface area contributed by atoms with Gasteiger partial charge in [-0.05, 0) is 50.4 Å². The number of thioether (sulfide) groups is 1. The lowest BCUT2D eigenvalue weighted by Gasteiger charge is -2.35. The second-order valence-corrected chi connectivity index (χ2v) is 7.28. The molecule has 0 unspecified atom stereocenters. The predicted molar refractivity (Wildman–Crippen MR) is 75.6 cm³/mol. The molecule has 0 radical (unpaired) electrons. The Morgan fingerprint density at radius 2 is 2.06 bits per heavy atom. The lowest BCUT2D eigenvalue weighted by Crippen LogP contribution is -2.46. The highest BCUT2D eigenvalue weighted by molar-refractivity contribution is 8.14. The van der Waals surface area contributed by atoms with Gasteiger partial charge in [0, 0.05) is 17.8 Å². The van der Waals surface area contributed by atoms with Crippen LogP contribution in [0.3, 0.4) is 0 Å². The summed E-state index contributed by atoms with van der Waals surface area (Å²) in [6.45, 7) is 3.46. The van der Waals surface area contributed by atoms with Gasteiger partial charge in [0.25, 0.3) is 0 Å². The summed E-state index contributed by atoms with van der Waals surface area (Å²) in [4.78, 5) is 4.78. The number of hydrogen-bond donors (Lipinski definition) is 1. The van der Waals surface area contributed by atoms with Crippen LogP contribution in [0.4, 0.5) is 0 Å². The van der Waals surface area contributed by atoms with Crippen LogP contribution in [0, 0.1) is 11.8 Å². The minimum absolute atomic E-state index is 0.412. The molecule has 0 amide bonds. The molecule has 2 nitrogen and oxygen atoms in total. The van der Waals surface area contributed by atoms with Gasteiger partial charge in [0.05, 0.1) is 0 Å². The Morgan fingerprint density at radius 1 is 1.29 bits per heavy atom. The zero-order chi connectivity index (χ0) is 11.7. The first kappa shape index (κ1) is 11.9. The molecule has 3 fully saturated rings. The molecule has 2 aliphatic carbocycles. The monoisotopic (exact) mass is 252 g/mol. The van der Waals surface area contributed by atoms with E-state index in [0.29, 0.717) is 5.54 Å². The van der Waals surface area contributed by atoms with Gasteiger partial charge in [-0.25, -0.2) is 0 Å². The molecule has 0 aromatic carbocycles. The lowest BCUT2D eigenvalue weighted by molar-refractivity contribution is 0.250. The quantitative estimate of drug-likeness (QED) is 0.814. The summed E-state index contributed by atoms with van der Waals surface area (Å²) >= 11 is 1.96. The van der Waals surface area contributed by atoms with E-state index in [2.05, 4.69) is 12.2 Å². The fourth-order valence-corrected chi connectivity index (χ4v) is 4.29. The van der Waals surface area contributed by atoms with Crippen molar-refractivity contribution >= 4 is 16.9 Å². The van der Waals surface area contributed by atoms with Crippen molar-refractivity contribution in [2.24, 2.45) is 16.8 Å². The molecule has 2 saturated carbocycles. The molecule has 0 atom stereocenters. The van der Waals surface area contributed by atoms with Gasteiger partial charge in [0.15, 0.2) is 5.17 Å². The third kappa shape index (κ3) is 2.64. The Labute approximate surface area is 109 Å². The van der Waals surface area contributed by atoms with E-state index in [0.717, 1.165) is 18.4 Å². The second kappa shape index (κ2) is 4.83. The van der Waals surface area contributed by atoms with Gasteiger partial charge < -0.3 is 5.32 Å². The number of nitrogens with one attached hydrogen (secondary N) is 1. The Kier molecular flexibility index (Phi) is 3.38. The van der Waals surface area contributed by atoms with E-state index >= 15 is 0 Å². The summed E-state index contributed by atoms with van der Waals surface area (Å²) in [5.74, 6) is 3.08. The van der Waals surface area contributed by atoms with Crippen LogP contribution in [0.2, 0.25) is 0 Å². The maximum Gasteiger partial charge on any atom is 0.157 e. The average Bonchev–Trinajstić information content (AvgIpc) is 2.65. The first-order chi connectivity index (χ1) is 8.26. The normalized spacial score (nSPS) is 40.5. The SMILES string of the molecule is CC1CCC2(CC1)CSC(=NCC1CCC1)N2. The highest BCUT2D eigenvalue weighted by atomic mass is 32.2. The lowest BCUT2D eigenvalue weighted by atomic mass is 9.78. The summed E-state index contributed by atoms with van der Waals surface area (Å²) < 4.78 is 0. The molecule has 96 valence electrons. The summed E-state index contributed by atoms with van der Waals surface area (Å²) in [6, 6.07) is 0. The van der Waals surface area contributed by atoms with Gasteiger partial charge in [-0.2, -0.15) is 0 Å². The van der Waals surface area contributed by atoms with E-state index in [1.807, 2.05) is 11.8 Å². The van der Waals surface area contributed by atoms with Crippen LogP contribution in [-0.4, -0.2) is 23.0 Å². The molecule has 3 heteroatoms. The number of amidine groups is 1. The smallest absolute Gasteiger partial charge is 0.157 e. The van der Waals surface area contributed by atoms with E-state index in [1.165, 1.54) is 55.9 Å². The first-order valence-corrected chi connectivity index (χ1v) is 8.20. The number of nitrogens with zero attached hydrogens (tertiary/aromatic N) is 1. The molecular formula is C14H24N2S. The first-order valence-electron chi connectivity index (χ1n) is 7.21. The van der Waals surface area contributed by atoms with E-state index in [4.69, 9.17) is 4.99 Å². The Balaban J connectivity index is 1.53. The number of hydrogen-bond acceptors (Lipinski definition) is 2. The van der Waals surface area contributed by atoms with Crippen molar-refractivity contribution in [3.63, 3.8) is 0 Å². The summed E-state index contributed by atoms with van der Waals surface area (Å²) in [5.41, 5.74) is 0.412. The highest BCUT2D eigenvalue weighted by Gasteiger charge is 2.39. The molecule has 17 heavy (non-hydrogen) atoms. The van der Waals surface area contributed by atoms with Gasteiger partial charge >= 0.3 is 0 Å². The molecule has 1 saturated heterocycles. The number of aliphatic imine (C=N–C) groups is 1. The van der Waals surface area contributed by atoms with E-state index in [9.17, 15) is 0 Å². The van der Waals surface area contributed by atoms with Crippen molar-refractivity contribution in [3.05, 3.63) is 0 Å². The fourth-order valence-electron chi connectivity index (χ4n) is 3.06. The van der Waals surface area contributed by atoms with Gasteiger partial charge in [0.1, 0.15) is 0 Å². The van der Waals surface area contributed by atoms with Crippen molar-refractivity contribution in [2.75, 3.05) is 12.3 Å². The van der Waals surface area contributed by atoms with Crippen LogP contribution in [0.15, 0.2) is 4.99 Å². The van der Waals surface area contributed by atoms with Crippen LogP contribution < -0.4 is 5.32 Å². The standard InChI is InChI=1S/C14H24N2S/c1-11-5-7-14(8-6-11)10-17-13(16-14)15-9-12-3-2-4-12/h11-12H,2-10H2,1H3,(H,15,16). The minimum Gasteiger partial charge on any atom is -0.359 e. The van der Waals surface area contributed by atoms with Crippen LogP contribution in [0.25, 0.3) is 0 Å². The molecule has 0 aromatic rings. The van der Waals surface area contributed by atoms with Crippen molar-refractivity contribution in [1.29, 1.82) is 0 Å². The molecule has 1 aliphatic heterocycles. The highest BCUT2D eigenvalue weighted by Crippen LogP contribution is 2.38. The van der Waals surface area contributed by atoms with Crippen LogP contribution in [0.1, 0.15) is 51.9 Å². The van der Waals surface area contributed by atoms with Crippen LogP contribution in [0.5, 0.6) is 0 Å². The molecule has 1 spiro atoms.